The molecular weight excluding hydrogens is 256 g/mol. The average Bonchev–Trinajstić information content (AvgIpc) is 2.83. The highest BCUT2D eigenvalue weighted by Gasteiger charge is 2.32. The van der Waals surface area contributed by atoms with E-state index < -0.39 is 0 Å². The fourth-order valence-corrected chi connectivity index (χ4v) is 3.15. The van der Waals surface area contributed by atoms with Crippen LogP contribution in [0.25, 0.3) is 0 Å². The maximum absolute atomic E-state index is 12.3. The molecule has 17 heavy (non-hydrogen) atoms. The number of nitrogens with two attached hydrogens (primary N) is 1. The molecule has 1 aliphatic heterocycles. The van der Waals surface area contributed by atoms with Crippen molar-refractivity contribution in [1.82, 2.24) is 4.90 Å². The fraction of sp³-hybridized carbons (Fsp3) is 0.583. The zero-order valence-electron chi connectivity index (χ0n) is 10.2. The molecule has 2 unspecified atom stereocenters. The number of aryl methyl sites for hydroxylation is 1. The first-order valence-corrected chi connectivity index (χ1v) is 6.61. The SMILES string of the molecule is Cc1cscc1C(=O)N1CC(CN)CC1C.Cl. The lowest BCUT2D eigenvalue weighted by molar-refractivity contribution is 0.0743. The maximum Gasteiger partial charge on any atom is 0.255 e. The molecule has 0 aromatic carbocycles. The largest absolute Gasteiger partial charge is 0.336 e. The Bertz CT molecular complexity index is 394. The number of carbonyl (C=O) groups excluding carboxylic acids is 1. The highest BCUT2D eigenvalue weighted by Crippen LogP contribution is 2.26. The van der Waals surface area contributed by atoms with Gasteiger partial charge in [-0.1, -0.05) is 0 Å². The predicted molar refractivity (Wildman–Crippen MR) is 74.0 cm³/mol. The smallest absolute Gasteiger partial charge is 0.255 e. The second-order valence-electron chi connectivity index (χ2n) is 4.61. The van der Waals surface area contributed by atoms with E-state index in [0.717, 1.165) is 24.1 Å². The van der Waals surface area contributed by atoms with Crippen LogP contribution in [0.5, 0.6) is 0 Å². The topological polar surface area (TPSA) is 46.3 Å². The second kappa shape index (κ2) is 5.85. The van der Waals surface area contributed by atoms with Crippen molar-refractivity contribution in [2.75, 3.05) is 13.1 Å². The van der Waals surface area contributed by atoms with E-state index in [1.165, 1.54) is 0 Å². The molecule has 3 nitrogen and oxygen atoms in total. The standard InChI is InChI=1S/C12H18N2OS.ClH/c1-8-6-16-7-11(8)12(15)14-5-10(4-13)3-9(14)2;/h6-7,9-10H,3-5,13H2,1-2H3;1H. The van der Waals surface area contributed by atoms with Crippen molar-refractivity contribution in [3.8, 4) is 0 Å². The number of halogens is 1. The van der Waals surface area contributed by atoms with Gasteiger partial charge in [0.2, 0.25) is 0 Å². The summed E-state index contributed by atoms with van der Waals surface area (Å²) in [5.41, 5.74) is 7.61. The highest BCUT2D eigenvalue weighted by molar-refractivity contribution is 7.08. The van der Waals surface area contributed by atoms with Gasteiger partial charge in [0.15, 0.2) is 0 Å². The summed E-state index contributed by atoms with van der Waals surface area (Å²) in [5, 5.41) is 3.97. The van der Waals surface area contributed by atoms with Crippen LogP contribution in [0.1, 0.15) is 29.3 Å². The third kappa shape index (κ3) is 2.81. The average molecular weight is 275 g/mol. The first-order valence-electron chi connectivity index (χ1n) is 5.67. The Morgan fingerprint density at radius 1 is 1.59 bits per heavy atom. The second-order valence-corrected chi connectivity index (χ2v) is 5.36. The predicted octanol–water partition coefficient (Wildman–Crippen LogP) is 2.29. The van der Waals surface area contributed by atoms with Crippen LogP contribution in [0.4, 0.5) is 0 Å². The lowest BCUT2D eigenvalue weighted by Crippen LogP contribution is -2.34. The number of carbonyl (C=O) groups is 1. The number of thiophene rings is 1. The fourth-order valence-electron chi connectivity index (χ4n) is 2.33. The Morgan fingerprint density at radius 2 is 2.29 bits per heavy atom. The third-order valence-corrected chi connectivity index (χ3v) is 4.20. The van der Waals surface area contributed by atoms with Crippen molar-refractivity contribution in [1.29, 1.82) is 0 Å². The molecule has 1 aromatic rings. The monoisotopic (exact) mass is 274 g/mol. The molecule has 0 bridgehead atoms. The first kappa shape index (κ1) is 14.5. The molecule has 1 saturated heterocycles. The van der Waals surface area contributed by atoms with E-state index in [4.69, 9.17) is 5.73 Å². The Hall–Kier alpha value is -0.580. The number of amides is 1. The number of hydrogen-bond acceptors (Lipinski definition) is 3. The van der Waals surface area contributed by atoms with E-state index in [1.54, 1.807) is 11.3 Å². The highest BCUT2D eigenvalue weighted by atomic mass is 35.5. The summed E-state index contributed by atoms with van der Waals surface area (Å²) in [7, 11) is 0. The third-order valence-electron chi connectivity index (χ3n) is 3.34. The van der Waals surface area contributed by atoms with Crippen molar-refractivity contribution in [2.24, 2.45) is 11.7 Å². The van der Waals surface area contributed by atoms with Gasteiger partial charge in [-0.25, -0.2) is 0 Å². The van der Waals surface area contributed by atoms with Crippen LogP contribution in [0, 0.1) is 12.8 Å². The van der Waals surface area contributed by atoms with Crippen LogP contribution in [0.15, 0.2) is 10.8 Å². The molecule has 96 valence electrons. The quantitative estimate of drug-likeness (QED) is 0.899. The summed E-state index contributed by atoms with van der Waals surface area (Å²) >= 11 is 1.59. The molecule has 0 radical (unpaired) electrons. The van der Waals surface area contributed by atoms with Crippen LogP contribution in [-0.2, 0) is 0 Å². The lowest BCUT2D eigenvalue weighted by atomic mass is 10.1. The van der Waals surface area contributed by atoms with Gasteiger partial charge in [0.05, 0.1) is 5.56 Å². The van der Waals surface area contributed by atoms with E-state index in [0.29, 0.717) is 18.5 Å². The molecule has 1 aliphatic rings. The van der Waals surface area contributed by atoms with Crippen molar-refractivity contribution in [3.05, 3.63) is 21.9 Å². The number of hydrogen-bond donors (Lipinski definition) is 1. The number of nitrogens with zero attached hydrogens (tertiary/aromatic N) is 1. The Labute approximate surface area is 112 Å². The minimum atomic E-state index is 0. The zero-order valence-corrected chi connectivity index (χ0v) is 11.8. The molecule has 2 rings (SSSR count). The molecule has 0 aliphatic carbocycles. The first-order chi connectivity index (χ1) is 7.63. The molecule has 1 amide bonds. The normalized spacial score (nSPS) is 23.6. The summed E-state index contributed by atoms with van der Waals surface area (Å²) in [6.07, 6.45) is 1.03. The van der Waals surface area contributed by atoms with Gasteiger partial charge in [-0.05, 0) is 43.7 Å². The molecule has 1 fully saturated rings. The molecule has 2 atom stereocenters. The molecule has 5 heteroatoms. The van der Waals surface area contributed by atoms with Crippen molar-refractivity contribution in [2.45, 2.75) is 26.3 Å². The number of rotatable bonds is 2. The van der Waals surface area contributed by atoms with Crippen molar-refractivity contribution < 1.29 is 4.79 Å². The summed E-state index contributed by atoms with van der Waals surface area (Å²) in [6, 6.07) is 0.320. The van der Waals surface area contributed by atoms with Gasteiger partial charge in [0.1, 0.15) is 0 Å². The molecule has 2 N–H and O–H groups in total. The summed E-state index contributed by atoms with van der Waals surface area (Å²) in [5.74, 6) is 0.639. The van der Waals surface area contributed by atoms with Gasteiger partial charge in [0, 0.05) is 18.0 Å². The van der Waals surface area contributed by atoms with Crippen LogP contribution in [-0.4, -0.2) is 29.9 Å². The van der Waals surface area contributed by atoms with Gasteiger partial charge in [-0.3, -0.25) is 4.79 Å². The van der Waals surface area contributed by atoms with Crippen molar-refractivity contribution >= 4 is 29.7 Å². The Morgan fingerprint density at radius 3 is 2.76 bits per heavy atom. The van der Waals surface area contributed by atoms with E-state index in [1.807, 2.05) is 22.6 Å². The molecular formula is C12H19ClN2OS. The Kier molecular flexibility index (Phi) is 4.98. The van der Waals surface area contributed by atoms with E-state index in [2.05, 4.69) is 6.92 Å². The van der Waals surface area contributed by atoms with Gasteiger partial charge < -0.3 is 10.6 Å². The number of likely N-dealkylation sites (tertiary alicyclic amines) is 1. The summed E-state index contributed by atoms with van der Waals surface area (Å²) in [4.78, 5) is 14.3. The summed E-state index contributed by atoms with van der Waals surface area (Å²) < 4.78 is 0. The Balaban J connectivity index is 0.00000144. The van der Waals surface area contributed by atoms with Crippen LogP contribution in [0.3, 0.4) is 0 Å². The molecule has 2 heterocycles. The van der Waals surface area contributed by atoms with E-state index in [9.17, 15) is 4.79 Å². The zero-order chi connectivity index (χ0) is 11.7. The molecule has 1 aromatic heterocycles. The minimum absolute atomic E-state index is 0. The van der Waals surface area contributed by atoms with Crippen LogP contribution >= 0.6 is 23.7 Å². The van der Waals surface area contributed by atoms with Gasteiger partial charge in [-0.2, -0.15) is 11.3 Å². The van der Waals surface area contributed by atoms with Gasteiger partial charge in [0.25, 0.3) is 5.91 Å². The van der Waals surface area contributed by atoms with Gasteiger partial charge >= 0.3 is 0 Å². The van der Waals surface area contributed by atoms with Crippen molar-refractivity contribution in [3.63, 3.8) is 0 Å². The molecule has 0 saturated carbocycles. The minimum Gasteiger partial charge on any atom is -0.336 e. The summed E-state index contributed by atoms with van der Waals surface area (Å²) in [6.45, 7) is 5.59. The lowest BCUT2D eigenvalue weighted by Gasteiger charge is -2.21. The van der Waals surface area contributed by atoms with Gasteiger partial charge in [-0.15, -0.1) is 12.4 Å². The van der Waals surface area contributed by atoms with Crippen LogP contribution < -0.4 is 5.73 Å². The van der Waals surface area contributed by atoms with E-state index in [-0.39, 0.29) is 18.3 Å². The van der Waals surface area contributed by atoms with Crippen LogP contribution in [0.2, 0.25) is 0 Å². The van der Waals surface area contributed by atoms with E-state index >= 15 is 0 Å². The molecule has 0 spiro atoms. The maximum atomic E-state index is 12.3.